The van der Waals surface area contributed by atoms with Crippen LogP contribution in [0.4, 0.5) is 13.2 Å². The SMILES string of the molecule is CCC(C)NC(=O)CN1CCN(S(=O)(=O)c2ccccc2C(F)(F)F)CC1. The van der Waals surface area contributed by atoms with E-state index in [2.05, 4.69) is 5.32 Å². The zero-order valence-corrected chi connectivity index (χ0v) is 16.1. The lowest BCUT2D eigenvalue weighted by Crippen LogP contribution is -2.51. The molecule has 1 aromatic carbocycles. The van der Waals surface area contributed by atoms with Crippen LogP contribution in [0.15, 0.2) is 29.2 Å². The smallest absolute Gasteiger partial charge is 0.353 e. The second-order valence-electron chi connectivity index (χ2n) is 6.55. The topological polar surface area (TPSA) is 69.7 Å². The summed E-state index contributed by atoms with van der Waals surface area (Å²) in [6.07, 6.45) is -3.95. The largest absolute Gasteiger partial charge is 0.417 e. The standard InChI is InChI=1S/C17H24F3N3O3S/c1-3-13(2)21-16(24)12-22-8-10-23(11-9-22)27(25,26)15-7-5-4-6-14(15)17(18,19)20/h4-7,13H,3,8-12H2,1-2H3,(H,21,24). The third kappa shape index (κ3) is 5.43. The predicted octanol–water partition coefficient (Wildman–Crippen LogP) is 1.93. The molecule has 1 saturated heterocycles. The molecule has 1 N–H and O–H groups in total. The lowest BCUT2D eigenvalue weighted by Gasteiger charge is -2.34. The fraction of sp³-hybridized carbons (Fsp3) is 0.588. The highest BCUT2D eigenvalue weighted by atomic mass is 32.2. The van der Waals surface area contributed by atoms with Gasteiger partial charge >= 0.3 is 6.18 Å². The van der Waals surface area contributed by atoms with Gasteiger partial charge < -0.3 is 5.32 Å². The lowest BCUT2D eigenvalue weighted by molar-refractivity contribution is -0.140. The molecule has 1 heterocycles. The highest BCUT2D eigenvalue weighted by molar-refractivity contribution is 7.89. The summed E-state index contributed by atoms with van der Waals surface area (Å²) in [4.78, 5) is 13.0. The lowest BCUT2D eigenvalue weighted by atomic mass is 10.2. The number of alkyl halides is 3. The molecule has 6 nitrogen and oxygen atoms in total. The minimum atomic E-state index is -4.75. The fourth-order valence-electron chi connectivity index (χ4n) is 2.82. The van der Waals surface area contributed by atoms with Gasteiger partial charge in [0.25, 0.3) is 0 Å². The van der Waals surface area contributed by atoms with Crippen LogP contribution in [0.3, 0.4) is 0 Å². The summed E-state index contributed by atoms with van der Waals surface area (Å²) < 4.78 is 65.9. The molecule has 152 valence electrons. The van der Waals surface area contributed by atoms with E-state index in [0.29, 0.717) is 0 Å². The highest BCUT2D eigenvalue weighted by Gasteiger charge is 2.39. The number of halogens is 3. The molecule has 0 aliphatic carbocycles. The van der Waals surface area contributed by atoms with Crippen LogP contribution in [-0.4, -0.2) is 62.3 Å². The molecule has 27 heavy (non-hydrogen) atoms. The van der Waals surface area contributed by atoms with E-state index in [1.54, 1.807) is 4.90 Å². The molecular weight excluding hydrogens is 383 g/mol. The van der Waals surface area contributed by atoms with Gasteiger partial charge in [0.05, 0.1) is 17.0 Å². The molecular formula is C17H24F3N3O3S. The van der Waals surface area contributed by atoms with Crippen molar-refractivity contribution in [3.63, 3.8) is 0 Å². The first kappa shape index (κ1) is 21.6. The van der Waals surface area contributed by atoms with E-state index in [1.165, 1.54) is 6.07 Å². The van der Waals surface area contributed by atoms with Crippen molar-refractivity contribution in [2.75, 3.05) is 32.7 Å². The number of nitrogens with one attached hydrogen (secondary N) is 1. The Morgan fingerprint density at radius 1 is 1.19 bits per heavy atom. The molecule has 0 saturated carbocycles. The van der Waals surface area contributed by atoms with Gasteiger partial charge in [0, 0.05) is 32.2 Å². The molecule has 2 rings (SSSR count). The van der Waals surface area contributed by atoms with E-state index in [9.17, 15) is 26.4 Å². The number of benzene rings is 1. The maximum absolute atomic E-state index is 13.1. The molecule has 1 aromatic rings. The average Bonchev–Trinajstić information content (AvgIpc) is 2.61. The molecule has 1 amide bonds. The Morgan fingerprint density at radius 3 is 2.33 bits per heavy atom. The first-order valence-electron chi connectivity index (χ1n) is 8.73. The van der Waals surface area contributed by atoms with Crippen LogP contribution in [0.2, 0.25) is 0 Å². The van der Waals surface area contributed by atoms with Gasteiger partial charge in [-0.3, -0.25) is 9.69 Å². The summed E-state index contributed by atoms with van der Waals surface area (Å²) in [5.41, 5.74) is -1.17. The minimum Gasteiger partial charge on any atom is -0.353 e. The van der Waals surface area contributed by atoms with E-state index < -0.39 is 26.7 Å². The average molecular weight is 407 g/mol. The van der Waals surface area contributed by atoms with Crippen molar-refractivity contribution < 1.29 is 26.4 Å². The third-order valence-electron chi connectivity index (χ3n) is 4.53. The third-order valence-corrected chi connectivity index (χ3v) is 6.49. The number of sulfonamides is 1. The summed E-state index contributed by atoms with van der Waals surface area (Å²) in [6.45, 7) is 4.60. The molecule has 1 aliphatic heterocycles. The molecule has 1 fully saturated rings. The number of piperazine rings is 1. The van der Waals surface area contributed by atoms with Crippen LogP contribution in [0.25, 0.3) is 0 Å². The molecule has 0 spiro atoms. The van der Waals surface area contributed by atoms with Crippen LogP contribution in [0, 0.1) is 0 Å². The molecule has 0 radical (unpaired) electrons. The number of hydrogen-bond donors (Lipinski definition) is 1. The van der Waals surface area contributed by atoms with Gasteiger partial charge in [-0.15, -0.1) is 0 Å². The molecule has 0 bridgehead atoms. The summed E-state index contributed by atoms with van der Waals surface area (Å²) in [5.74, 6) is -0.150. The van der Waals surface area contributed by atoms with Gasteiger partial charge in [0.1, 0.15) is 0 Å². The van der Waals surface area contributed by atoms with Gasteiger partial charge in [-0.1, -0.05) is 19.1 Å². The van der Waals surface area contributed by atoms with Crippen molar-refractivity contribution in [1.29, 1.82) is 0 Å². The molecule has 10 heteroatoms. The zero-order valence-electron chi connectivity index (χ0n) is 15.3. The first-order chi connectivity index (χ1) is 12.6. The number of rotatable bonds is 6. The van der Waals surface area contributed by atoms with E-state index in [4.69, 9.17) is 0 Å². The molecule has 1 aliphatic rings. The van der Waals surface area contributed by atoms with E-state index >= 15 is 0 Å². The molecule has 1 unspecified atom stereocenters. The second-order valence-corrected chi connectivity index (χ2v) is 8.46. The van der Waals surface area contributed by atoms with Gasteiger partial charge in [-0.2, -0.15) is 17.5 Å². The van der Waals surface area contributed by atoms with E-state index in [1.807, 2.05) is 13.8 Å². The van der Waals surface area contributed by atoms with Crippen molar-refractivity contribution >= 4 is 15.9 Å². The van der Waals surface area contributed by atoms with Crippen LogP contribution < -0.4 is 5.32 Å². The number of amides is 1. The van der Waals surface area contributed by atoms with Crippen molar-refractivity contribution in [3.8, 4) is 0 Å². The predicted molar refractivity (Wildman–Crippen MR) is 94.5 cm³/mol. The van der Waals surface area contributed by atoms with Crippen molar-refractivity contribution in [3.05, 3.63) is 29.8 Å². The van der Waals surface area contributed by atoms with Crippen LogP contribution >= 0.6 is 0 Å². The summed E-state index contributed by atoms with van der Waals surface area (Å²) in [7, 11) is -4.26. The maximum Gasteiger partial charge on any atom is 0.417 e. The highest BCUT2D eigenvalue weighted by Crippen LogP contribution is 2.35. The van der Waals surface area contributed by atoms with Gasteiger partial charge in [0.2, 0.25) is 15.9 Å². The van der Waals surface area contributed by atoms with Crippen molar-refractivity contribution in [2.45, 2.75) is 37.4 Å². The van der Waals surface area contributed by atoms with Crippen LogP contribution in [-0.2, 0) is 21.0 Å². The van der Waals surface area contributed by atoms with Crippen LogP contribution in [0.5, 0.6) is 0 Å². The Hall–Kier alpha value is -1.65. The Morgan fingerprint density at radius 2 is 1.78 bits per heavy atom. The van der Waals surface area contributed by atoms with Gasteiger partial charge in [0.15, 0.2) is 0 Å². The van der Waals surface area contributed by atoms with E-state index in [0.717, 1.165) is 28.9 Å². The van der Waals surface area contributed by atoms with Crippen molar-refractivity contribution in [1.82, 2.24) is 14.5 Å². The minimum absolute atomic E-state index is 0.0329. The maximum atomic E-state index is 13.1. The number of nitrogens with zero attached hydrogens (tertiary/aromatic N) is 2. The zero-order chi connectivity index (χ0) is 20.2. The summed E-state index contributed by atoms with van der Waals surface area (Å²) in [6, 6.07) is 4.23. The molecule has 1 atom stereocenters. The molecule has 0 aromatic heterocycles. The van der Waals surface area contributed by atoms with Crippen molar-refractivity contribution in [2.24, 2.45) is 0 Å². The summed E-state index contributed by atoms with van der Waals surface area (Å²) >= 11 is 0. The Labute approximate surface area is 157 Å². The fourth-order valence-corrected chi connectivity index (χ4v) is 4.45. The Balaban J connectivity index is 2.05. The Bertz CT molecular complexity index is 760. The monoisotopic (exact) mass is 407 g/mol. The number of hydrogen-bond acceptors (Lipinski definition) is 4. The van der Waals surface area contributed by atoms with Crippen LogP contribution in [0.1, 0.15) is 25.8 Å². The van der Waals surface area contributed by atoms with E-state index in [-0.39, 0.29) is 44.7 Å². The second kappa shape index (κ2) is 8.57. The van der Waals surface area contributed by atoms with Gasteiger partial charge in [-0.05, 0) is 25.5 Å². The van der Waals surface area contributed by atoms with Gasteiger partial charge in [-0.25, -0.2) is 8.42 Å². The first-order valence-corrected chi connectivity index (χ1v) is 10.2. The number of carbonyl (C=O) groups excluding carboxylic acids is 1. The number of carbonyl (C=O) groups is 1. The quantitative estimate of drug-likeness (QED) is 0.782. The Kier molecular flexibility index (Phi) is 6.87. The normalized spacial score (nSPS) is 18.3. The summed E-state index contributed by atoms with van der Waals surface area (Å²) in [5, 5.41) is 2.83.